The third-order valence-corrected chi connectivity index (χ3v) is 3.78. The Bertz CT molecular complexity index is 831. The van der Waals surface area contributed by atoms with Crippen molar-refractivity contribution in [2.75, 3.05) is 7.11 Å². The summed E-state index contributed by atoms with van der Waals surface area (Å²) in [6.45, 7) is 4.56. The number of methoxy groups -OCH3 is 1. The van der Waals surface area contributed by atoms with Crippen LogP contribution in [0.2, 0.25) is 0 Å². The Kier molecular flexibility index (Phi) is 3.79. The molecule has 0 amide bonds. The molecule has 1 aromatic heterocycles. The van der Waals surface area contributed by atoms with Gasteiger partial charge in [-0.3, -0.25) is 0 Å². The first-order chi connectivity index (χ1) is 10.8. The highest BCUT2D eigenvalue weighted by molar-refractivity contribution is 6.07. The molecule has 0 aliphatic carbocycles. The molecular weight excluding hydrogens is 274 g/mol. The Hall–Kier alpha value is -2.81. The van der Waals surface area contributed by atoms with E-state index in [4.69, 9.17) is 4.74 Å². The number of carbonyl (C=O) groups excluding carboxylic acids is 1. The predicted octanol–water partition coefficient (Wildman–Crippen LogP) is 4.12. The first kappa shape index (κ1) is 14.1. The first-order valence-electron chi connectivity index (χ1n) is 7.12. The van der Waals surface area contributed by atoms with Crippen LogP contribution < -0.4 is 0 Å². The highest BCUT2D eigenvalue weighted by atomic mass is 16.5. The van der Waals surface area contributed by atoms with E-state index < -0.39 is 0 Å². The van der Waals surface area contributed by atoms with Crippen LogP contribution in [0, 0.1) is 0 Å². The largest absolute Gasteiger partial charge is 0.465 e. The number of ether oxygens (including phenoxy) is 1. The van der Waals surface area contributed by atoms with Gasteiger partial charge < -0.3 is 9.30 Å². The summed E-state index contributed by atoms with van der Waals surface area (Å²) in [5, 5.41) is 0.889. The van der Waals surface area contributed by atoms with Crippen molar-refractivity contribution < 1.29 is 9.53 Å². The highest BCUT2D eigenvalue weighted by Crippen LogP contribution is 2.28. The number of nitrogens with zero attached hydrogens (tertiary/aromatic N) is 1. The van der Waals surface area contributed by atoms with Crippen LogP contribution in [0.3, 0.4) is 0 Å². The summed E-state index contributed by atoms with van der Waals surface area (Å²) >= 11 is 0. The second-order valence-corrected chi connectivity index (χ2v) is 5.04. The lowest BCUT2D eigenvalue weighted by Gasteiger charge is -2.09. The fraction of sp³-hybridized carbons (Fsp3) is 0.105. The number of hydrogen-bond donors (Lipinski definition) is 0. The number of rotatable bonds is 4. The van der Waals surface area contributed by atoms with E-state index in [0.717, 1.165) is 16.6 Å². The van der Waals surface area contributed by atoms with Gasteiger partial charge in [0.05, 0.1) is 18.4 Å². The van der Waals surface area contributed by atoms with E-state index in [1.807, 2.05) is 42.5 Å². The molecule has 3 aromatic rings. The molecule has 110 valence electrons. The number of esters is 1. The summed E-state index contributed by atoms with van der Waals surface area (Å²) < 4.78 is 7.05. The fourth-order valence-electron chi connectivity index (χ4n) is 2.79. The zero-order valence-electron chi connectivity index (χ0n) is 12.5. The number of carbonyl (C=O) groups is 1. The van der Waals surface area contributed by atoms with Crippen LogP contribution >= 0.6 is 0 Å². The summed E-state index contributed by atoms with van der Waals surface area (Å²) in [7, 11) is 1.40. The van der Waals surface area contributed by atoms with Crippen molar-refractivity contribution in [3.05, 3.63) is 78.0 Å². The lowest BCUT2D eigenvalue weighted by Crippen LogP contribution is -2.06. The van der Waals surface area contributed by atoms with Crippen LogP contribution in [0.25, 0.3) is 17.0 Å². The van der Waals surface area contributed by atoms with Crippen LogP contribution in [0.4, 0.5) is 0 Å². The molecule has 0 spiro atoms. The van der Waals surface area contributed by atoms with Crippen molar-refractivity contribution in [2.24, 2.45) is 0 Å². The van der Waals surface area contributed by atoms with Gasteiger partial charge in [-0.2, -0.15) is 0 Å². The molecule has 0 fully saturated rings. The summed E-state index contributed by atoms with van der Waals surface area (Å²) in [6.07, 6.45) is 1.72. The van der Waals surface area contributed by atoms with Crippen LogP contribution in [0.1, 0.15) is 21.6 Å². The van der Waals surface area contributed by atoms with Crippen molar-refractivity contribution in [1.82, 2.24) is 4.57 Å². The fourth-order valence-corrected chi connectivity index (χ4v) is 2.79. The quantitative estimate of drug-likeness (QED) is 0.677. The standard InChI is InChI=1S/C19H17NO2/c1-3-16-18(19(21)22-2)15-11-7-8-12-17(15)20(16)13-14-9-5-4-6-10-14/h3-12H,1,13H2,2H3. The summed E-state index contributed by atoms with van der Waals surface area (Å²) in [6, 6.07) is 18.0. The first-order valence-corrected chi connectivity index (χ1v) is 7.12. The average Bonchev–Trinajstić information content (AvgIpc) is 2.89. The van der Waals surface area contributed by atoms with Gasteiger partial charge in [0.2, 0.25) is 0 Å². The maximum absolute atomic E-state index is 12.2. The van der Waals surface area contributed by atoms with Crippen LogP contribution in [-0.4, -0.2) is 17.6 Å². The zero-order valence-corrected chi connectivity index (χ0v) is 12.5. The molecule has 0 saturated heterocycles. The maximum Gasteiger partial charge on any atom is 0.340 e. The molecule has 0 saturated carbocycles. The monoisotopic (exact) mass is 291 g/mol. The van der Waals surface area contributed by atoms with Gasteiger partial charge in [0.15, 0.2) is 0 Å². The average molecular weight is 291 g/mol. The molecule has 2 aromatic carbocycles. The number of aromatic nitrogens is 1. The minimum absolute atomic E-state index is 0.335. The molecule has 22 heavy (non-hydrogen) atoms. The molecule has 0 bridgehead atoms. The lowest BCUT2D eigenvalue weighted by molar-refractivity contribution is 0.0602. The Labute approximate surface area is 129 Å². The smallest absolute Gasteiger partial charge is 0.340 e. The Balaban J connectivity index is 2.25. The number of benzene rings is 2. The number of hydrogen-bond acceptors (Lipinski definition) is 2. The Morgan fingerprint density at radius 3 is 2.50 bits per heavy atom. The van der Waals surface area contributed by atoms with E-state index in [2.05, 4.69) is 23.3 Å². The number of para-hydroxylation sites is 1. The van der Waals surface area contributed by atoms with Gasteiger partial charge in [0.1, 0.15) is 0 Å². The minimum Gasteiger partial charge on any atom is -0.465 e. The van der Waals surface area contributed by atoms with Gasteiger partial charge in [-0.15, -0.1) is 0 Å². The molecular formula is C19H17NO2. The predicted molar refractivity (Wildman–Crippen MR) is 88.9 cm³/mol. The van der Waals surface area contributed by atoms with Gasteiger partial charge in [-0.25, -0.2) is 4.79 Å². The van der Waals surface area contributed by atoms with Crippen molar-refractivity contribution in [2.45, 2.75) is 6.54 Å². The topological polar surface area (TPSA) is 31.2 Å². The second kappa shape index (κ2) is 5.90. The molecule has 3 heteroatoms. The van der Waals surface area contributed by atoms with Crippen LogP contribution in [0.5, 0.6) is 0 Å². The molecule has 0 atom stereocenters. The van der Waals surface area contributed by atoms with Crippen molar-refractivity contribution >= 4 is 22.9 Å². The zero-order chi connectivity index (χ0) is 15.5. The second-order valence-electron chi connectivity index (χ2n) is 5.04. The third kappa shape index (κ3) is 2.31. The molecule has 0 aliphatic heterocycles. The SMILES string of the molecule is C=Cc1c(C(=O)OC)c2ccccc2n1Cc1ccccc1. The third-order valence-electron chi connectivity index (χ3n) is 3.78. The molecule has 0 N–H and O–H groups in total. The molecule has 0 unspecified atom stereocenters. The summed E-state index contributed by atoms with van der Waals surface area (Å²) in [4.78, 5) is 12.2. The Morgan fingerprint density at radius 2 is 1.82 bits per heavy atom. The molecule has 3 rings (SSSR count). The van der Waals surface area contributed by atoms with E-state index in [1.165, 1.54) is 12.7 Å². The maximum atomic E-state index is 12.2. The van der Waals surface area contributed by atoms with Gasteiger partial charge in [0, 0.05) is 17.4 Å². The van der Waals surface area contributed by atoms with Crippen LogP contribution in [-0.2, 0) is 11.3 Å². The normalized spacial score (nSPS) is 10.6. The molecule has 0 radical (unpaired) electrons. The van der Waals surface area contributed by atoms with Crippen molar-refractivity contribution in [3.8, 4) is 0 Å². The highest BCUT2D eigenvalue weighted by Gasteiger charge is 2.21. The van der Waals surface area contributed by atoms with E-state index in [1.54, 1.807) is 6.08 Å². The molecule has 3 nitrogen and oxygen atoms in total. The Morgan fingerprint density at radius 1 is 1.14 bits per heavy atom. The van der Waals surface area contributed by atoms with Gasteiger partial charge >= 0.3 is 5.97 Å². The van der Waals surface area contributed by atoms with Crippen molar-refractivity contribution in [1.29, 1.82) is 0 Å². The van der Waals surface area contributed by atoms with E-state index in [0.29, 0.717) is 12.1 Å². The number of fused-ring (bicyclic) bond motifs is 1. The van der Waals surface area contributed by atoms with E-state index in [-0.39, 0.29) is 5.97 Å². The van der Waals surface area contributed by atoms with Crippen LogP contribution in [0.15, 0.2) is 61.2 Å². The summed E-state index contributed by atoms with van der Waals surface area (Å²) in [5.41, 5.74) is 3.53. The molecule has 0 aliphatic rings. The molecule has 1 heterocycles. The van der Waals surface area contributed by atoms with Gasteiger partial charge in [-0.05, 0) is 17.7 Å². The summed E-state index contributed by atoms with van der Waals surface area (Å²) in [5.74, 6) is -0.335. The van der Waals surface area contributed by atoms with E-state index >= 15 is 0 Å². The van der Waals surface area contributed by atoms with Gasteiger partial charge in [-0.1, -0.05) is 55.1 Å². The van der Waals surface area contributed by atoms with E-state index in [9.17, 15) is 4.79 Å². The van der Waals surface area contributed by atoms with Crippen molar-refractivity contribution in [3.63, 3.8) is 0 Å². The minimum atomic E-state index is -0.335. The van der Waals surface area contributed by atoms with Gasteiger partial charge in [0.25, 0.3) is 0 Å². The lowest BCUT2D eigenvalue weighted by atomic mass is 10.1.